The normalized spacial score (nSPS) is 11.5. The van der Waals surface area contributed by atoms with E-state index in [2.05, 4.69) is 4.74 Å². The van der Waals surface area contributed by atoms with Gasteiger partial charge in [-0.25, -0.2) is 0 Å². The molecule has 0 N–H and O–H groups in total. The van der Waals surface area contributed by atoms with Gasteiger partial charge < -0.3 is 4.74 Å². The Balaban J connectivity index is 2.97. The molecule has 0 aliphatic rings. The summed E-state index contributed by atoms with van der Waals surface area (Å²) in [5, 5.41) is 0.315. The van der Waals surface area contributed by atoms with Crippen LogP contribution in [0.4, 0.5) is 13.2 Å². The van der Waals surface area contributed by atoms with Crippen molar-refractivity contribution in [3.8, 4) is 5.75 Å². The van der Waals surface area contributed by atoms with E-state index in [-0.39, 0.29) is 17.2 Å². The smallest absolute Gasteiger partial charge is 0.405 e. The van der Waals surface area contributed by atoms with E-state index in [9.17, 15) is 13.2 Å². The first-order chi connectivity index (χ1) is 6.42. The Morgan fingerprint density at radius 2 is 1.93 bits per heavy atom. The third kappa shape index (κ3) is 3.27. The Morgan fingerprint density at radius 1 is 1.29 bits per heavy atom. The van der Waals surface area contributed by atoms with Gasteiger partial charge in [-0.15, -0.1) is 24.8 Å². The summed E-state index contributed by atoms with van der Waals surface area (Å²) < 4.78 is 39.3. The minimum atomic E-state index is -4.71. The summed E-state index contributed by atoms with van der Waals surface area (Å²) in [7, 11) is 0. The minimum Gasteiger partial charge on any atom is -0.405 e. The van der Waals surface area contributed by atoms with Gasteiger partial charge in [0.15, 0.2) is 0 Å². The zero-order valence-corrected chi connectivity index (χ0v) is 8.25. The van der Waals surface area contributed by atoms with E-state index in [1.54, 1.807) is 0 Å². The van der Waals surface area contributed by atoms with Crippen LogP contribution in [0.2, 0.25) is 5.02 Å². The lowest BCUT2D eigenvalue weighted by atomic mass is 10.2. The molecule has 0 amide bonds. The number of hydrogen-bond donors (Lipinski definition) is 0. The summed E-state index contributed by atoms with van der Waals surface area (Å²) in [6.07, 6.45) is -4.71. The molecular formula is C8H5Cl2F3O. The number of benzene rings is 1. The first-order valence-electron chi connectivity index (χ1n) is 3.52. The Kier molecular flexibility index (Phi) is 3.50. The zero-order chi connectivity index (χ0) is 10.8. The van der Waals surface area contributed by atoms with E-state index in [1.807, 2.05) is 0 Å². The van der Waals surface area contributed by atoms with Crippen LogP contribution in [0.3, 0.4) is 0 Å². The molecule has 0 spiro atoms. The van der Waals surface area contributed by atoms with Gasteiger partial charge in [-0.1, -0.05) is 11.6 Å². The minimum absolute atomic E-state index is 0.0913. The molecule has 0 radical (unpaired) electrons. The van der Waals surface area contributed by atoms with Crippen LogP contribution in [0.1, 0.15) is 5.56 Å². The summed E-state index contributed by atoms with van der Waals surface area (Å²) in [6.45, 7) is 0. The van der Waals surface area contributed by atoms with Gasteiger partial charge in [0.2, 0.25) is 0 Å². The second-order valence-electron chi connectivity index (χ2n) is 2.43. The molecular weight excluding hydrogens is 240 g/mol. The van der Waals surface area contributed by atoms with Gasteiger partial charge in [-0.05, 0) is 18.2 Å². The monoisotopic (exact) mass is 244 g/mol. The van der Waals surface area contributed by atoms with Crippen LogP contribution in [0, 0.1) is 0 Å². The van der Waals surface area contributed by atoms with E-state index >= 15 is 0 Å². The summed E-state index contributed by atoms with van der Waals surface area (Å²) >= 11 is 11.0. The average molecular weight is 245 g/mol. The molecule has 1 nitrogen and oxygen atoms in total. The van der Waals surface area contributed by atoms with Crippen molar-refractivity contribution >= 4 is 23.2 Å². The van der Waals surface area contributed by atoms with E-state index in [0.717, 1.165) is 6.07 Å². The maximum atomic E-state index is 11.9. The molecule has 0 aliphatic carbocycles. The van der Waals surface area contributed by atoms with Gasteiger partial charge in [0, 0.05) is 10.6 Å². The van der Waals surface area contributed by atoms with Crippen molar-refractivity contribution in [2.45, 2.75) is 12.2 Å². The molecule has 1 aromatic rings. The highest BCUT2D eigenvalue weighted by Gasteiger charge is 2.31. The fraction of sp³-hybridized carbons (Fsp3) is 0.250. The molecule has 0 bridgehead atoms. The number of ether oxygens (including phenoxy) is 1. The lowest BCUT2D eigenvalue weighted by Crippen LogP contribution is -2.17. The van der Waals surface area contributed by atoms with Crippen LogP contribution in [0.15, 0.2) is 18.2 Å². The van der Waals surface area contributed by atoms with Crippen LogP contribution in [-0.2, 0) is 5.88 Å². The van der Waals surface area contributed by atoms with Crippen LogP contribution in [0.25, 0.3) is 0 Å². The molecule has 1 aromatic carbocycles. The van der Waals surface area contributed by atoms with Crippen molar-refractivity contribution in [1.82, 2.24) is 0 Å². The molecule has 0 unspecified atom stereocenters. The highest BCUT2D eigenvalue weighted by molar-refractivity contribution is 6.30. The summed E-state index contributed by atoms with van der Waals surface area (Å²) in [6, 6.07) is 3.77. The number of rotatable bonds is 2. The summed E-state index contributed by atoms with van der Waals surface area (Å²) in [5.41, 5.74) is 0.205. The molecule has 0 saturated heterocycles. The second-order valence-corrected chi connectivity index (χ2v) is 3.14. The predicted octanol–water partition coefficient (Wildman–Crippen LogP) is 3.98. The van der Waals surface area contributed by atoms with Crippen molar-refractivity contribution < 1.29 is 17.9 Å². The standard InChI is InChI=1S/C8H5Cl2F3O/c9-4-5-3-6(10)1-2-7(5)14-8(11,12)13/h1-3H,4H2. The molecule has 0 fully saturated rings. The number of halogens is 5. The first kappa shape index (κ1) is 11.5. The van der Waals surface area contributed by atoms with E-state index in [4.69, 9.17) is 23.2 Å². The maximum absolute atomic E-state index is 11.9. The highest BCUT2D eigenvalue weighted by Crippen LogP contribution is 2.29. The van der Waals surface area contributed by atoms with Gasteiger partial charge in [0.1, 0.15) is 5.75 Å². The quantitative estimate of drug-likeness (QED) is 0.716. The third-order valence-electron chi connectivity index (χ3n) is 1.39. The fourth-order valence-electron chi connectivity index (χ4n) is 0.877. The highest BCUT2D eigenvalue weighted by atomic mass is 35.5. The SMILES string of the molecule is FC(F)(F)Oc1ccc(Cl)cc1CCl. The predicted molar refractivity (Wildman–Crippen MR) is 47.7 cm³/mol. The summed E-state index contributed by atoms with van der Waals surface area (Å²) in [5.74, 6) is -0.414. The second kappa shape index (κ2) is 4.28. The summed E-state index contributed by atoms with van der Waals surface area (Å²) in [4.78, 5) is 0. The van der Waals surface area contributed by atoms with Gasteiger partial charge in [0.05, 0.1) is 5.88 Å². The van der Waals surface area contributed by atoms with Crippen molar-refractivity contribution in [2.24, 2.45) is 0 Å². The van der Waals surface area contributed by atoms with Crippen molar-refractivity contribution in [2.75, 3.05) is 0 Å². The largest absolute Gasteiger partial charge is 0.573 e. The van der Waals surface area contributed by atoms with Crippen LogP contribution in [0.5, 0.6) is 5.75 Å². The molecule has 78 valence electrons. The third-order valence-corrected chi connectivity index (χ3v) is 1.92. The number of alkyl halides is 4. The zero-order valence-electron chi connectivity index (χ0n) is 6.74. The maximum Gasteiger partial charge on any atom is 0.573 e. The molecule has 0 atom stereocenters. The Labute approximate surface area is 88.4 Å². The van der Waals surface area contributed by atoms with E-state index in [1.165, 1.54) is 12.1 Å². The van der Waals surface area contributed by atoms with Crippen LogP contribution < -0.4 is 4.74 Å². The van der Waals surface area contributed by atoms with Crippen molar-refractivity contribution in [3.05, 3.63) is 28.8 Å². The van der Waals surface area contributed by atoms with Crippen molar-refractivity contribution in [1.29, 1.82) is 0 Å². The average Bonchev–Trinajstić information content (AvgIpc) is 2.06. The molecule has 6 heteroatoms. The number of hydrogen-bond acceptors (Lipinski definition) is 1. The Morgan fingerprint density at radius 3 is 2.43 bits per heavy atom. The van der Waals surface area contributed by atoms with Crippen molar-refractivity contribution in [3.63, 3.8) is 0 Å². The molecule has 1 rings (SSSR count). The lowest BCUT2D eigenvalue weighted by Gasteiger charge is -2.11. The van der Waals surface area contributed by atoms with E-state index in [0.29, 0.717) is 5.02 Å². The molecule has 0 aliphatic heterocycles. The molecule has 0 saturated carbocycles. The van der Waals surface area contributed by atoms with Crippen LogP contribution in [-0.4, -0.2) is 6.36 Å². The lowest BCUT2D eigenvalue weighted by molar-refractivity contribution is -0.274. The van der Waals surface area contributed by atoms with E-state index < -0.39 is 6.36 Å². The topological polar surface area (TPSA) is 9.23 Å². The van der Waals surface area contributed by atoms with Gasteiger partial charge in [-0.3, -0.25) is 0 Å². The Hall–Kier alpha value is -0.610. The fourth-order valence-corrected chi connectivity index (χ4v) is 1.28. The molecule has 0 heterocycles. The van der Waals surface area contributed by atoms with Gasteiger partial charge in [0.25, 0.3) is 0 Å². The Bertz CT molecular complexity index is 325. The van der Waals surface area contributed by atoms with Gasteiger partial charge in [-0.2, -0.15) is 0 Å². The first-order valence-corrected chi connectivity index (χ1v) is 4.44. The van der Waals surface area contributed by atoms with Gasteiger partial charge >= 0.3 is 6.36 Å². The molecule has 14 heavy (non-hydrogen) atoms. The molecule has 0 aromatic heterocycles. The van der Waals surface area contributed by atoms with Crippen LogP contribution >= 0.6 is 23.2 Å².